The second kappa shape index (κ2) is 6.72. The van der Waals surface area contributed by atoms with Gasteiger partial charge in [-0.05, 0) is 23.8 Å². The molecule has 1 heterocycles. The number of aliphatic hydroxyl groups is 1. The fourth-order valence-electron chi connectivity index (χ4n) is 2.41. The number of aromatic amines is 1. The molecule has 0 aliphatic heterocycles. The highest BCUT2D eigenvalue weighted by Crippen LogP contribution is 2.21. The van der Waals surface area contributed by atoms with Crippen molar-refractivity contribution in [2.75, 3.05) is 0 Å². The number of carbonyl (C=O) groups excluding carboxylic acids is 1. The molecule has 1 atom stereocenters. The van der Waals surface area contributed by atoms with Crippen LogP contribution >= 0.6 is 0 Å². The maximum Gasteiger partial charge on any atom is 0.278 e. The molecule has 0 bridgehead atoms. The van der Waals surface area contributed by atoms with Gasteiger partial charge in [0.25, 0.3) is 16.9 Å². The average Bonchev–Trinajstić information content (AvgIpc) is 2.65. The van der Waals surface area contributed by atoms with Crippen LogP contribution in [0.25, 0.3) is 11.0 Å². The summed E-state index contributed by atoms with van der Waals surface area (Å²) in [4.78, 5) is 50.9. The van der Waals surface area contributed by atoms with E-state index in [2.05, 4.69) is 9.97 Å². The van der Waals surface area contributed by atoms with E-state index in [9.17, 15) is 34.9 Å². The van der Waals surface area contributed by atoms with Crippen molar-refractivity contribution in [1.29, 1.82) is 0 Å². The van der Waals surface area contributed by atoms with Gasteiger partial charge in [-0.3, -0.25) is 29.8 Å². The fourth-order valence-corrected chi connectivity index (χ4v) is 2.41. The number of aromatic nitrogens is 2. The molecule has 11 nitrogen and oxygen atoms in total. The minimum atomic E-state index is -1.75. The quantitative estimate of drug-likeness (QED) is 0.388. The molecule has 0 aliphatic carbocycles. The Balaban J connectivity index is 1.98. The molecule has 0 amide bonds. The Kier molecular flexibility index (Phi) is 4.44. The van der Waals surface area contributed by atoms with E-state index in [4.69, 9.17) is 0 Å². The molecule has 136 valence electrons. The van der Waals surface area contributed by atoms with Crippen molar-refractivity contribution >= 4 is 28.2 Å². The molecule has 0 unspecified atom stereocenters. The Morgan fingerprint density at radius 3 is 2.22 bits per heavy atom. The Morgan fingerprint density at radius 2 is 1.63 bits per heavy atom. The van der Waals surface area contributed by atoms with Gasteiger partial charge >= 0.3 is 0 Å². The number of hydrogen-bond acceptors (Lipinski definition) is 8. The van der Waals surface area contributed by atoms with Crippen LogP contribution in [0.4, 0.5) is 11.4 Å². The number of ketones is 1. The Morgan fingerprint density at radius 1 is 1.04 bits per heavy atom. The normalized spacial score (nSPS) is 11.9. The van der Waals surface area contributed by atoms with Crippen LogP contribution in [0.15, 0.2) is 47.3 Å². The molecule has 3 rings (SSSR count). The zero-order chi connectivity index (χ0) is 19.7. The summed E-state index contributed by atoms with van der Waals surface area (Å²) in [6, 6.07) is 8.14. The number of Topliss-reactive ketones (excluding diaryl/α,β-unsaturated/α-hetero) is 1. The summed E-state index contributed by atoms with van der Waals surface area (Å²) in [6.45, 7) is 0. The van der Waals surface area contributed by atoms with Crippen molar-refractivity contribution in [3.63, 3.8) is 0 Å². The van der Waals surface area contributed by atoms with E-state index in [-0.39, 0.29) is 28.0 Å². The summed E-state index contributed by atoms with van der Waals surface area (Å²) in [5.41, 5.74) is -1.74. The molecule has 0 aliphatic rings. The summed E-state index contributed by atoms with van der Waals surface area (Å²) in [5, 5.41) is 31.6. The van der Waals surface area contributed by atoms with E-state index in [0.29, 0.717) is 0 Å². The predicted molar refractivity (Wildman–Crippen MR) is 91.4 cm³/mol. The lowest BCUT2D eigenvalue weighted by molar-refractivity contribution is -0.385. The number of nitro benzene ring substituents is 2. The van der Waals surface area contributed by atoms with E-state index in [0.717, 1.165) is 24.3 Å². The molecule has 0 fully saturated rings. The summed E-state index contributed by atoms with van der Waals surface area (Å²) in [6.07, 6.45) is -1.75. The van der Waals surface area contributed by atoms with Crippen LogP contribution in [-0.4, -0.2) is 30.7 Å². The highest BCUT2D eigenvalue weighted by Gasteiger charge is 2.24. The molecule has 0 radical (unpaired) electrons. The largest absolute Gasteiger partial charge is 0.380 e. The van der Waals surface area contributed by atoms with Gasteiger partial charge in [0.05, 0.1) is 20.9 Å². The lowest BCUT2D eigenvalue weighted by Gasteiger charge is -2.09. The van der Waals surface area contributed by atoms with Crippen LogP contribution < -0.4 is 5.56 Å². The number of H-pyrrole nitrogens is 1. The lowest BCUT2D eigenvalue weighted by atomic mass is 10.0. The third-order valence-corrected chi connectivity index (χ3v) is 3.79. The Hall–Kier alpha value is -3.99. The molecule has 2 N–H and O–H groups in total. The number of aliphatic hydroxyl groups excluding tert-OH is 1. The van der Waals surface area contributed by atoms with E-state index < -0.39 is 33.0 Å². The van der Waals surface area contributed by atoms with Gasteiger partial charge in [0.15, 0.2) is 5.69 Å². The van der Waals surface area contributed by atoms with Crippen molar-refractivity contribution in [3.8, 4) is 0 Å². The monoisotopic (exact) mass is 370 g/mol. The second-order valence-corrected chi connectivity index (χ2v) is 5.49. The SMILES string of the molecule is O=C(c1nc2ccc([N+](=O)[O-])cc2[nH]c1=O)[C@H](O)c1ccc([N+](=O)[O-])cc1. The van der Waals surface area contributed by atoms with Gasteiger partial charge < -0.3 is 10.1 Å². The third-order valence-electron chi connectivity index (χ3n) is 3.79. The van der Waals surface area contributed by atoms with Crippen LogP contribution in [0.5, 0.6) is 0 Å². The number of carbonyl (C=O) groups is 1. The third kappa shape index (κ3) is 3.39. The van der Waals surface area contributed by atoms with E-state index in [1.54, 1.807) is 0 Å². The highest BCUT2D eigenvalue weighted by molar-refractivity contribution is 5.99. The number of rotatable bonds is 5. The number of benzene rings is 2. The maximum atomic E-state index is 12.4. The van der Waals surface area contributed by atoms with E-state index in [1.807, 2.05) is 0 Å². The van der Waals surface area contributed by atoms with Gasteiger partial charge in [-0.25, -0.2) is 4.98 Å². The van der Waals surface area contributed by atoms with Gasteiger partial charge in [-0.1, -0.05) is 0 Å². The smallest absolute Gasteiger partial charge is 0.278 e. The molecule has 0 saturated heterocycles. The second-order valence-electron chi connectivity index (χ2n) is 5.49. The molecule has 0 saturated carbocycles. The van der Waals surface area contributed by atoms with E-state index in [1.165, 1.54) is 18.2 Å². The van der Waals surface area contributed by atoms with Gasteiger partial charge in [-0.2, -0.15) is 0 Å². The van der Waals surface area contributed by atoms with Crippen LogP contribution in [0.2, 0.25) is 0 Å². The number of non-ortho nitro benzene ring substituents is 2. The predicted octanol–water partition coefficient (Wildman–Crippen LogP) is 1.66. The first-order chi connectivity index (χ1) is 12.8. The number of fused-ring (bicyclic) bond motifs is 1. The first-order valence-electron chi connectivity index (χ1n) is 7.43. The van der Waals surface area contributed by atoms with Gasteiger partial charge in [-0.15, -0.1) is 0 Å². The Labute approximate surface area is 149 Å². The number of nitro groups is 2. The molecular weight excluding hydrogens is 360 g/mol. The van der Waals surface area contributed by atoms with Crippen LogP contribution in [0.3, 0.4) is 0 Å². The first kappa shape index (κ1) is 17.8. The first-order valence-corrected chi connectivity index (χ1v) is 7.43. The number of nitrogens with one attached hydrogen (secondary N) is 1. The van der Waals surface area contributed by atoms with Gasteiger partial charge in [0.1, 0.15) is 6.10 Å². The van der Waals surface area contributed by atoms with Gasteiger partial charge in [0, 0.05) is 24.3 Å². The van der Waals surface area contributed by atoms with Crippen molar-refractivity contribution < 1.29 is 19.7 Å². The molecule has 2 aromatic carbocycles. The van der Waals surface area contributed by atoms with Crippen LogP contribution in [0.1, 0.15) is 22.2 Å². The maximum absolute atomic E-state index is 12.4. The summed E-state index contributed by atoms with van der Waals surface area (Å²) in [5.74, 6) is -1.01. The van der Waals surface area contributed by atoms with Crippen molar-refractivity contribution in [3.05, 3.63) is 84.3 Å². The molecule has 1 aromatic heterocycles. The van der Waals surface area contributed by atoms with Gasteiger partial charge in [0.2, 0.25) is 5.78 Å². The van der Waals surface area contributed by atoms with Crippen LogP contribution in [-0.2, 0) is 0 Å². The minimum Gasteiger partial charge on any atom is -0.380 e. The standard InChI is InChI=1S/C16H10N4O7/c21-14(8-1-3-9(4-2-8)19(24)25)15(22)13-16(23)18-12-7-10(20(26)27)5-6-11(12)17-13/h1-7,14,21H,(H,18,23)/t14-/m1/s1. The minimum absolute atomic E-state index is 0.0515. The zero-order valence-electron chi connectivity index (χ0n) is 13.4. The van der Waals surface area contributed by atoms with E-state index >= 15 is 0 Å². The summed E-state index contributed by atoms with van der Waals surface area (Å²) in [7, 11) is 0. The summed E-state index contributed by atoms with van der Waals surface area (Å²) >= 11 is 0. The lowest BCUT2D eigenvalue weighted by Crippen LogP contribution is -2.24. The van der Waals surface area contributed by atoms with Crippen LogP contribution in [0, 0.1) is 20.2 Å². The molecule has 0 spiro atoms. The highest BCUT2D eigenvalue weighted by atomic mass is 16.6. The average molecular weight is 370 g/mol. The summed E-state index contributed by atoms with van der Waals surface area (Å²) < 4.78 is 0. The molecule has 27 heavy (non-hydrogen) atoms. The fraction of sp³-hybridized carbons (Fsp3) is 0.0625. The van der Waals surface area contributed by atoms with Crippen molar-refractivity contribution in [2.45, 2.75) is 6.10 Å². The molecule has 11 heteroatoms. The molecular formula is C16H10N4O7. The topological polar surface area (TPSA) is 169 Å². The zero-order valence-corrected chi connectivity index (χ0v) is 13.4. The van der Waals surface area contributed by atoms with Crippen molar-refractivity contribution in [1.82, 2.24) is 9.97 Å². The molecule has 3 aromatic rings. The van der Waals surface area contributed by atoms with Crippen molar-refractivity contribution in [2.24, 2.45) is 0 Å². The number of hydrogen-bond donors (Lipinski definition) is 2. The number of nitrogens with zero attached hydrogens (tertiary/aromatic N) is 3. The Bertz CT molecular complexity index is 1140.